The van der Waals surface area contributed by atoms with E-state index < -0.39 is 22.0 Å². The summed E-state index contributed by atoms with van der Waals surface area (Å²) in [5.74, 6) is -0.741. The van der Waals surface area contributed by atoms with E-state index in [1.165, 1.54) is 36.6 Å². The maximum absolute atomic E-state index is 13.6. The van der Waals surface area contributed by atoms with Crippen LogP contribution in [0, 0.1) is 0 Å². The van der Waals surface area contributed by atoms with Crippen LogP contribution in [0.2, 0.25) is 0 Å². The van der Waals surface area contributed by atoms with Gasteiger partial charge in [-0.3, -0.25) is 5.32 Å². The second-order valence-corrected chi connectivity index (χ2v) is 12.7. The number of rotatable bonds is 12. The number of aromatic nitrogens is 1. The molecule has 0 aliphatic rings. The molecule has 0 aliphatic carbocycles. The summed E-state index contributed by atoms with van der Waals surface area (Å²) in [5, 5.41) is 3.36. The molecule has 4 aromatic carbocycles. The minimum Gasteiger partial charge on any atom is -0.465 e. The number of nitrogens with zero attached hydrogens (tertiary/aromatic N) is 2. The normalized spacial score (nSPS) is 11.4. The molecule has 0 spiro atoms. The molecule has 2 N–H and O–H groups in total. The molecule has 0 fully saturated rings. The summed E-state index contributed by atoms with van der Waals surface area (Å²) in [6.45, 7) is 0.338. The first-order chi connectivity index (χ1) is 21.4. The Morgan fingerprint density at radius 2 is 1.45 bits per heavy atom. The summed E-state index contributed by atoms with van der Waals surface area (Å²) in [7, 11) is -2.89. The predicted molar refractivity (Wildman–Crippen MR) is 173 cm³/mol. The van der Waals surface area contributed by atoms with E-state index in [4.69, 9.17) is 4.74 Å². The zero-order valence-electron chi connectivity index (χ0n) is 24.1. The van der Waals surface area contributed by atoms with Crippen LogP contribution in [0.15, 0.2) is 114 Å². The van der Waals surface area contributed by atoms with Crippen LogP contribution in [0.25, 0.3) is 10.2 Å². The highest BCUT2D eigenvalue weighted by Crippen LogP contribution is 2.29. The van der Waals surface area contributed by atoms with Crippen molar-refractivity contribution >= 4 is 48.7 Å². The van der Waals surface area contributed by atoms with Crippen LogP contribution in [0.1, 0.15) is 33.8 Å². The summed E-state index contributed by atoms with van der Waals surface area (Å²) in [4.78, 5) is 31.7. The molecule has 0 aliphatic heterocycles. The average Bonchev–Trinajstić information content (AvgIpc) is 3.47. The number of hydrogen-bond donors (Lipinski definition) is 2. The van der Waals surface area contributed by atoms with Crippen LogP contribution in [0.3, 0.4) is 0 Å². The van der Waals surface area contributed by atoms with Crippen LogP contribution >= 0.6 is 11.3 Å². The molecule has 0 saturated carbocycles. The molecule has 5 aromatic rings. The van der Waals surface area contributed by atoms with Gasteiger partial charge in [0, 0.05) is 25.6 Å². The summed E-state index contributed by atoms with van der Waals surface area (Å²) in [5.41, 5.74) is 2.95. The molecule has 0 bridgehead atoms. The Morgan fingerprint density at radius 1 is 0.841 bits per heavy atom. The molecule has 2 amide bonds. The second-order valence-electron chi connectivity index (χ2n) is 9.95. The van der Waals surface area contributed by atoms with Crippen molar-refractivity contribution in [2.75, 3.05) is 32.1 Å². The highest BCUT2D eigenvalue weighted by Gasteiger charge is 2.24. The van der Waals surface area contributed by atoms with Gasteiger partial charge in [-0.25, -0.2) is 27.7 Å². The Bertz CT molecular complexity index is 1760. The van der Waals surface area contributed by atoms with Gasteiger partial charge in [-0.2, -0.15) is 0 Å². The molecular weight excluding hydrogens is 597 g/mol. The zero-order valence-corrected chi connectivity index (χ0v) is 25.7. The second kappa shape index (κ2) is 14.3. The van der Waals surface area contributed by atoms with Gasteiger partial charge in [0.2, 0.25) is 10.0 Å². The lowest BCUT2D eigenvalue weighted by atomic mass is 9.88. The van der Waals surface area contributed by atoms with E-state index in [2.05, 4.69) is 39.3 Å². The summed E-state index contributed by atoms with van der Waals surface area (Å²) >= 11 is 1.37. The highest BCUT2D eigenvalue weighted by atomic mass is 32.2. The number of carbonyl (C=O) groups is 2. The van der Waals surface area contributed by atoms with Crippen LogP contribution in [0.4, 0.5) is 9.93 Å². The van der Waals surface area contributed by atoms with Crippen molar-refractivity contribution in [2.24, 2.45) is 0 Å². The summed E-state index contributed by atoms with van der Waals surface area (Å²) < 4.78 is 34.7. The molecule has 5 rings (SSSR count). The molecule has 44 heavy (non-hydrogen) atoms. The van der Waals surface area contributed by atoms with E-state index >= 15 is 0 Å². The number of para-hydroxylation sites is 1. The predicted octanol–water partition coefficient (Wildman–Crippen LogP) is 6.12. The van der Waals surface area contributed by atoms with E-state index in [1.807, 2.05) is 60.7 Å². The number of hydrogen-bond acceptors (Lipinski definition) is 7. The number of sulfonamides is 1. The Labute approximate surface area is 260 Å². The van der Waals surface area contributed by atoms with Crippen molar-refractivity contribution in [1.29, 1.82) is 0 Å². The third-order valence-electron chi connectivity index (χ3n) is 7.14. The zero-order chi connectivity index (χ0) is 30.9. The van der Waals surface area contributed by atoms with Crippen molar-refractivity contribution in [1.82, 2.24) is 14.6 Å². The Morgan fingerprint density at radius 3 is 2.11 bits per heavy atom. The molecular formula is C33H32N4O5S2. The molecule has 0 saturated heterocycles. The maximum atomic E-state index is 13.6. The number of carbonyl (C=O) groups excluding carboxylic acids is 2. The van der Waals surface area contributed by atoms with Crippen LogP contribution in [-0.2, 0) is 14.8 Å². The van der Waals surface area contributed by atoms with Gasteiger partial charge in [0.05, 0.1) is 27.8 Å². The van der Waals surface area contributed by atoms with Crippen LogP contribution < -0.4 is 10.0 Å². The average molecular weight is 629 g/mol. The number of nitrogens with one attached hydrogen (secondary N) is 2. The monoisotopic (exact) mass is 628 g/mol. The van der Waals surface area contributed by atoms with Gasteiger partial charge < -0.3 is 9.64 Å². The minimum atomic E-state index is -4.08. The first-order valence-electron chi connectivity index (χ1n) is 14.0. The van der Waals surface area contributed by atoms with Crippen molar-refractivity contribution in [3.05, 3.63) is 126 Å². The number of esters is 1. The van der Waals surface area contributed by atoms with Crippen molar-refractivity contribution in [2.45, 2.75) is 17.2 Å². The quantitative estimate of drug-likeness (QED) is 0.161. The standard InChI is InChI=1S/C33H32N4O5S2/c1-42-31(38)27-16-8-11-19-30(27)44(40,41)34-21-23-37(33(39)36-32-35-28-17-9-10-18-29(28)43-32)22-20-26(24-12-4-2-5-13-24)25-14-6-3-7-15-25/h2-19,26,34H,20-23H2,1H3,(H,35,36,39). The fourth-order valence-corrected chi connectivity index (χ4v) is 7.03. The Balaban J connectivity index is 1.35. The topological polar surface area (TPSA) is 118 Å². The van der Waals surface area contributed by atoms with E-state index in [-0.39, 0.29) is 29.5 Å². The van der Waals surface area contributed by atoms with Gasteiger partial charge in [-0.05, 0) is 41.8 Å². The Kier molecular flexibility index (Phi) is 10.0. The first-order valence-corrected chi connectivity index (χ1v) is 16.3. The molecule has 0 radical (unpaired) electrons. The van der Waals surface area contributed by atoms with Crippen molar-refractivity contribution < 1.29 is 22.7 Å². The van der Waals surface area contributed by atoms with Gasteiger partial charge >= 0.3 is 12.0 Å². The molecule has 0 atom stereocenters. The molecule has 1 aromatic heterocycles. The fraction of sp³-hybridized carbons (Fsp3) is 0.182. The molecule has 11 heteroatoms. The third kappa shape index (κ3) is 7.49. The van der Waals surface area contributed by atoms with Crippen molar-refractivity contribution in [3.8, 4) is 0 Å². The number of thiazole rings is 1. The number of methoxy groups -OCH3 is 1. The lowest BCUT2D eigenvalue weighted by Crippen LogP contribution is -2.41. The SMILES string of the molecule is COC(=O)c1ccccc1S(=O)(=O)NCCN(CCC(c1ccccc1)c1ccccc1)C(=O)Nc1nc2ccccc2s1. The smallest absolute Gasteiger partial charge is 0.339 e. The highest BCUT2D eigenvalue weighted by molar-refractivity contribution is 7.89. The van der Waals surface area contributed by atoms with Crippen molar-refractivity contribution in [3.63, 3.8) is 0 Å². The summed E-state index contributed by atoms with van der Waals surface area (Å²) in [6, 6.07) is 33.2. The van der Waals surface area contributed by atoms with E-state index in [1.54, 1.807) is 11.0 Å². The number of urea groups is 1. The van der Waals surface area contributed by atoms with Crippen LogP contribution in [-0.4, -0.2) is 57.0 Å². The lowest BCUT2D eigenvalue weighted by molar-refractivity contribution is 0.0596. The molecule has 1 heterocycles. The maximum Gasteiger partial charge on any atom is 0.339 e. The first kappa shape index (κ1) is 30.9. The lowest BCUT2D eigenvalue weighted by Gasteiger charge is -2.26. The largest absolute Gasteiger partial charge is 0.465 e. The molecule has 9 nitrogen and oxygen atoms in total. The molecule has 226 valence electrons. The van der Waals surface area contributed by atoms with E-state index in [0.29, 0.717) is 18.1 Å². The van der Waals surface area contributed by atoms with E-state index in [0.717, 1.165) is 21.3 Å². The van der Waals surface area contributed by atoms with Gasteiger partial charge in [-0.15, -0.1) is 0 Å². The number of benzene rings is 4. The third-order valence-corrected chi connectivity index (χ3v) is 9.61. The Hall–Kier alpha value is -4.58. The number of ether oxygens (including phenoxy) is 1. The van der Waals surface area contributed by atoms with Gasteiger partial charge in [-0.1, -0.05) is 96.3 Å². The fourth-order valence-electron chi connectivity index (χ4n) is 4.96. The van der Waals surface area contributed by atoms with Crippen LogP contribution in [0.5, 0.6) is 0 Å². The van der Waals surface area contributed by atoms with E-state index in [9.17, 15) is 18.0 Å². The summed E-state index contributed by atoms with van der Waals surface area (Å²) in [6.07, 6.45) is 0.596. The number of anilines is 1. The van der Waals surface area contributed by atoms with Gasteiger partial charge in [0.25, 0.3) is 0 Å². The minimum absolute atomic E-state index is 0.0128. The number of amides is 2. The van der Waals surface area contributed by atoms with Gasteiger partial charge in [0.15, 0.2) is 5.13 Å². The van der Waals surface area contributed by atoms with Gasteiger partial charge in [0.1, 0.15) is 0 Å². The number of fused-ring (bicyclic) bond motifs is 1. The molecule has 0 unspecified atom stereocenters.